The maximum atomic E-state index is 13.8. The third-order valence-corrected chi connectivity index (χ3v) is 7.02. The molecule has 2 atom stereocenters. The quantitative estimate of drug-likeness (QED) is 0.0895. The fourth-order valence-corrected chi connectivity index (χ4v) is 4.60. The van der Waals surface area contributed by atoms with E-state index >= 15 is 0 Å². The van der Waals surface area contributed by atoms with Crippen molar-refractivity contribution in [3.05, 3.63) is 111 Å². The Morgan fingerprint density at radius 3 is 2.52 bits per heavy atom. The van der Waals surface area contributed by atoms with Crippen molar-refractivity contribution in [2.45, 2.75) is 44.5 Å². The minimum absolute atomic E-state index is 0.0595. The van der Waals surface area contributed by atoms with Crippen LogP contribution in [0, 0.1) is 0 Å². The van der Waals surface area contributed by atoms with E-state index in [4.69, 9.17) is 36.7 Å². The molecule has 0 bridgehead atoms. The lowest BCUT2D eigenvalue weighted by Crippen LogP contribution is -2.55. The fraction of sp³-hybridized carbons (Fsp3) is 0.310. The van der Waals surface area contributed by atoms with Gasteiger partial charge in [-0.1, -0.05) is 59.2 Å². The van der Waals surface area contributed by atoms with E-state index in [0.717, 1.165) is 16.7 Å². The monoisotopic (exact) mass is 562 g/mol. The number of hydrogen-bond acceptors (Lipinski definition) is 7. The first-order valence-electron chi connectivity index (χ1n) is 12.9. The largest absolute Gasteiger partial charge is 0.494 e. The molecule has 0 fully saturated rings. The van der Waals surface area contributed by atoms with E-state index in [1.165, 1.54) is 0 Å². The van der Waals surface area contributed by atoms with Crippen LogP contribution in [0.25, 0.3) is 10.4 Å². The van der Waals surface area contributed by atoms with Crippen LogP contribution in [0.3, 0.4) is 0 Å². The van der Waals surface area contributed by atoms with Crippen molar-refractivity contribution in [3.8, 4) is 5.75 Å². The predicted octanol–water partition coefficient (Wildman–Crippen LogP) is 4.88. The van der Waals surface area contributed by atoms with Gasteiger partial charge in [-0.15, -0.1) is 0 Å². The number of aliphatic hydroxyl groups is 1. The second-order valence-corrected chi connectivity index (χ2v) is 9.69. The fourth-order valence-electron chi connectivity index (χ4n) is 4.40. The average Bonchev–Trinajstić information content (AvgIpc) is 3.30. The van der Waals surface area contributed by atoms with Gasteiger partial charge in [-0.25, -0.2) is 10.4 Å². The Kier molecular flexibility index (Phi) is 9.99. The van der Waals surface area contributed by atoms with Gasteiger partial charge in [-0.2, -0.15) is 0 Å². The second kappa shape index (κ2) is 13.8. The minimum Gasteiger partial charge on any atom is -0.494 e. The normalized spacial score (nSPS) is 17.9. The number of aliphatic imine (C=N–C) groups is 1. The van der Waals surface area contributed by atoms with E-state index < -0.39 is 11.6 Å². The molecule has 208 valence electrons. The number of rotatable bonds is 13. The zero-order chi connectivity index (χ0) is 28.4. The van der Waals surface area contributed by atoms with Gasteiger partial charge in [-0.3, -0.25) is 10.2 Å². The Morgan fingerprint density at radius 2 is 1.82 bits per heavy atom. The van der Waals surface area contributed by atoms with Crippen LogP contribution >= 0.6 is 11.6 Å². The summed E-state index contributed by atoms with van der Waals surface area (Å²) in [5, 5.41) is 13.3. The molecule has 1 amide bonds. The molecule has 0 unspecified atom stereocenters. The highest BCUT2D eigenvalue weighted by atomic mass is 35.5. The number of ether oxygens (including phenoxy) is 2. The van der Waals surface area contributed by atoms with E-state index in [-0.39, 0.29) is 25.5 Å². The third-order valence-electron chi connectivity index (χ3n) is 6.65. The number of aliphatic hydroxyl groups excluding tert-OH is 1. The lowest BCUT2D eigenvalue weighted by molar-refractivity contribution is -0.129. The summed E-state index contributed by atoms with van der Waals surface area (Å²) in [5.41, 5.74) is 16.5. The number of halogens is 1. The SMILES string of the molecule is C[C@@H]1OC(c2ccc(OCCCO)cc2)=N[C@]1(Cc1ccccc1CN=[N+]=[N-])C(=O)NNCc1ccccc1Cl. The van der Waals surface area contributed by atoms with E-state index in [2.05, 4.69) is 20.9 Å². The predicted molar refractivity (Wildman–Crippen MR) is 153 cm³/mol. The van der Waals surface area contributed by atoms with Crippen LogP contribution in [0.4, 0.5) is 0 Å². The summed E-state index contributed by atoms with van der Waals surface area (Å²) >= 11 is 6.27. The first-order valence-corrected chi connectivity index (χ1v) is 13.3. The van der Waals surface area contributed by atoms with E-state index in [1.807, 2.05) is 61.5 Å². The maximum absolute atomic E-state index is 13.8. The molecule has 0 radical (unpaired) electrons. The van der Waals surface area contributed by atoms with Crippen molar-refractivity contribution >= 4 is 23.4 Å². The first kappa shape index (κ1) is 28.9. The first-order chi connectivity index (χ1) is 19.5. The lowest BCUT2D eigenvalue weighted by Gasteiger charge is -2.29. The summed E-state index contributed by atoms with van der Waals surface area (Å²) in [6, 6.07) is 22.1. The zero-order valence-electron chi connectivity index (χ0n) is 22.1. The van der Waals surface area contributed by atoms with Crippen LogP contribution in [0.2, 0.25) is 5.02 Å². The summed E-state index contributed by atoms with van der Waals surface area (Å²) < 4.78 is 11.8. The number of azide groups is 1. The molecular formula is C29H31ClN6O4. The summed E-state index contributed by atoms with van der Waals surface area (Å²) in [7, 11) is 0. The number of hydrogen-bond donors (Lipinski definition) is 3. The number of carbonyl (C=O) groups is 1. The van der Waals surface area contributed by atoms with Crippen molar-refractivity contribution < 1.29 is 19.4 Å². The third kappa shape index (κ3) is 6.91. The Labute approximate surface area is 237 Å². The Balaban J connectivity index is 1.62. The molecule has 0 saturated carbocycles. The van der Waals surface area contributed by atoms with Gasteiger partial charge in [0.2, 0.25) is 5.90 Å². The molecule has 0 aliphatic carbocycles. The molecule has 0 spiro atoms. The molecule has 3 aromatic carbocycles. The molecule has 0 aromatic heterocycles. The van der Waals surface area contributed by atoms with Crippen molar-refractivity contribution in [2.24, 2.45) is 10.1 Å². The molecule has 1 aliphatic heterocycles. The molecule has 4 rings (SSSR count). The summed E-state index contributed by atoms with van der Waals surface area (Å²) in [6.07, 6.45) is 0.146. The average molecular weight is 563 g/mol. The molecule has 3 N–H and O–H groups in total. The topological polar surface area (TPSA) is 141 Å². The lowest BCUT2D eigenvalue weighted by atomic mass is 9.84. The van der Waals surface area contributed by atoms with Crippen LogP contribution < -0.4 is 15.6 Å². The smallest absolute Gasteiger partial charge is 0.266 e. The van der Waals surface area contributed by atoms with Gasteiger partial charge in [0.25, 0.3) is 5.91 Å². The molecule has 1 aliphatic rings. The van der Waals surface area contributed by atoms with E-state index in [0.29, 0.717) is 41.8 Å². The zero-order valence-corrected chi connectivity index (χ0v) is 22.8. The van der Waals surface area contributed by atoms with Gasteiger partial charge >= 0.3 is 0 Å². The van der Waals surface area contributed by atoms with Crippen LogP contribution in [-0.2, 0) is 29.0 Å². The van der Waals surface area contributed by atoms with Gasteiger partial charge in [0.05, 0.1) is 13.2 Å². The molecular weight excluding hydrogens is 532 g/mol. The maximum Gasteiger partial charge on any atom is 0.266 e. The van der Waals surface area contributed by atoms with Crippen LogP contribution in [-0.4, -0.2) is 41.8 Å². The highest BCUT2D eigenvalue weighted by molar-refractivity contribution is 6.31. The van der Waals surface area contributed by atoms with Gasteiger partial charge < -0.3 is 14.6 Å². The Bertz CT molecular complexity index is 1390. The number of nitrogens with zero attached hydrogens (tertiary/aromatic N) is 4. The Hall–Kier alpha value is -4.08. The highest BCUT2D eigenvalue weighted by Crippen LogP contribution is 2.34. The van der Waals surface area contributed by atoms with E-state index in [9.17, 15) is 4.79 Å². The number of carbonyl (C=O) groups excluding carboxylic acids is 1. The van der Waals surface area contributed by atoms with Crippen LogP contribution in [0.15, 0.2) is 82.9 Å². The van der Waals surface area contributed by atoms with Crippen LogP contribution in [0.1, 0.15) is 35.6 Å². The highest BCUT2D eigenvalue weighted by Gasteiger charge is 2.50. The van der Waals surface area contributed by atoms with Gasteiger partial charge in [-0.05, 0) is 59.5 Å². The summed E-state index contributed by atoms with van der Waals surface area (Å²) in [5.74, 6) is 0.622. The number of hydrazine groups is 1. The molecule has 3 aromatic rings. The minimum atomic E-state index is -1.31. The summed E-state index contributed by atoms with van der Waals surface area (Å²) in [4.78, 5) is 21.6. The molecule has 11 heteroatoms. The van der Waals surface area contributed by atoms with Crippen molar-refractivity contribution in [2.75, 3.05) is 13.2 Å². The second-order valence-electron chi connectivity index (χ2n) is 9.28. The van der Waals surface area contributed by atoms with Gasteiger partial charge in [0, 0.05) is 41.5 Å². The molecule has 10 nitrogen and oxygen atoms in total. The number of amides is 1. The number of nitrogens with one attached hydrogen (secondary N) is 2. The molecule has 40 heavy (non-hydrogen) atoms. The standard InChI is InChI=1S/C29H31ClN6O4/c1-20-29(17-22-7-2-3-8-23(22)18-33-36-31,28(38)35-32-19-24-9-4-5-10-26(24)30)34-27(40-20)21-11-13-25(14-12-21)39-16-6-15-37/h2-5,7-14,20,32,37H,6,15-19H2,1H3,(H,35,38)/t20-,29-/m0/s1. The van der Waals surface area contributed by atoms with Crippen molar-refractivity contribution in [1.29, 1.82) is 0 Å². The number of benzene rings is 3. The van der Waals surface area contributed by atoms with Crippen molar-refractivity contribution in [1.82, 2.24) is 10.9 Å². The van der Waals surface area contributed by atoms with Gasteiger partial charge in [0.1, 0.15) is 11.9 Å². The van der Waals surface area contributed by atoms with E-state index in [1.54, 1.807) is 18.2 Å². The van der Waals surface area contributed by atoms with Crippen molar-refractivity contribution in [3.63, 3.8) is 0 Å². The van der Waals surface area contributed by atoms with Crippen LogP contribution in [0.5, 0.6) is 5.75 Å². The van der Waals surface area contributed by atoms with Gasteiger partial charge in [0.15, 0.2) is 5.54 Å². The molecule has 0 saturated heterocycles. The molecule has 1 heterocycles. The summed E-state index contributed by atoms with van der Waals surface area (Å²) in [6.45, 7) is 2.75. The Morgan fingerprint density at radius 1 is 1.12 bits per heavy atom.